The lowest BCUT2D eigenvalue weighted by atomic mass is 9.97. The molecule has 4 rings (SSSR count). The highest BCUT2D eigenvalue weighted by molar-refractivity contribution is 5.97. The van der Waals surface area contributed by atoms with Crippen LogP contribution in [0.3, 0.4) is 0 Å². The number of nitrogens with one attached hydrogen (secondary N) is 2. The van der Waals surface area contributed by atoms with Crippen LogP contribution in [-0.4, -0.2) is 52.1 Å². The number of pyridine rings is 1. The van der Waals surface area contributed by atoms with Crippen LogP contribution < -0.4 is 20.9 Å². The third-order valence-electron chi connectivity index (χ3n) is 5.66. The Balaban J connectivity index is 1.79. The SMILES string of the molecule is CCN1CCC2(CC1)NC(=O)c1c(C)cc(Nc3ncncc3OC)c(=O)n12. The van der Waals surface area contributed by atoms with E-state index < -0.39 is 5.66 Å². The van der Waals surface area contributed by atoms with E-state index in [4.69, 9.17) is 4.74 Å². The van der Waals surface area contributed by atoms with Crippen molar-refractivity contribution in [1.29, 1.82) is 0 Å². The van der Waals surface area contributed by atoms with Gasteiger partial charge in [0, 0.05) is 25.9 Å². The Labute approximate surface area is 162 Å². The minimum absolute atomic E-state index is 0.189. The van der Waals surface area contributed by atoms with E-state index in [9.17, 15) is 9.59 Å². The zero-order valence-corrected chi connectivity index (χ0v) is 16.3. The van der Waals surface area contributed by atoms with E-state index in [1.165, 1.54) is 19.6 Å². The highest BCUT2D eigenvalue weighted by Crippen LogP contribution is 2.34. The Morgan fingerprint density at radius 3 is 2.75 bits per heavy atom. The predicted molar refractivity (Wildman–Crippen MR) is 104 cm³/mol. The predicted octanol–water partition coefficient (Wildman–Crippen LogP) is 1.21. The van der Waals surface area contributed by atoms with Gasteiger partial charge in [-0.25, -0.2) is 9.97 Å². The largest absolute Gasteiger partial charge is 0.491 e. The number of piperidine rings is 1. The van der Waals surface area contributed by atoms with Gasteiger partial charge in [0.15, 0.2) is 11.6 Å². The minimum atomic E-state index is -0.673. The highest BCUT2D eigenvalue weighted by Gasteiger charge is 2.46. The van der Waals surface area contributed by atoms with Crippen molar-refractivity contribution in [3.63, 3.8) is 0 Å². The number of carbonyl (C=O) groups excluding carboxylic acids is 1. The number of aryl methyl sites for hydroxylation is 1. The van der Waals surface area contributed by atoms with Crippen molar-refractivity contribution < 1.29 is 9.53 Å². The third kappa shape index (κ3) is 2.82. The van der Waals surface area contributed by atoms with Crippen LogP contribution in [0.25, 0.3) is 0 Å². The molecule has 148 valence electrons. The lowest BCUT2D eigenvalue weighted by molar-refractivity contribution is 0.0761. The summed E-state index contributed by atoms with van der Waals surface area (Å²) in [6.07, 6.45) is 4.30. The van der Waals surface area contributed by atoms with E-state index in [-0.39, 0.29) is 11.5 Å². The van der Waals surface area contributed by atoms with Gasteiger partial charge in [-0.3, -0.25) is 14.2 Å². The van der Waals surface area contributed by atoms with Crippen LogP contribution in [-0.2, 0) is 5.66 Å². The number of fused-ring (bicyclic) bond motifs is 2. The Hall–Kier alpha value is -2.94. The number of likely N-dealkylation sites (tertiary alicyclic amines) is 1. The summed E-state index contributed by atoms with van der Waals surface area (Å²) in [5.41, 5.74) is 0.613. The highest BCUT2D eigenvalue weighted by atomic mass is 16.5. The summed E-state index contributed by atoms with van der Waals surface area (Å²) in [6.45, 7) is 6.58. The van der Waals surface area contributed by atoms with Crippen molar-refractivity contribution in [2.45, 2.75) is 32.4 Å². The molecule has 28 heavy (non-hydrogen) atoms. The summed E-state index contributed by atoms with van der Waals surface area (Å²) in [5.74, 6) is 0.651. The molecule has 1 spiro atoms. The van der Waals surface area contributed by atoms with Gasteiger partial charge in [-0.05, 0) is 25.1 Å². The van der Waals surface area contributed by atoms with Gasteiger partial charge in [-0.15, -0.1) is 0 Å². The monoisotopic (exact) mass is 384 g/mol. The Kier molecular flexibility index (Phi) is 4.54. The molecule has 0 unspecified atom stereocenters. The fourth-order valence-corrected chi connectivity index (χ4v) is 4.13. The lowest BCUT2D eigenvalue weighted by Gasteiger charge is -2.40. The van der Waals surface area contributed by atoms with Crippen molar-refractivity contribution in [3.05, 3.63) is 40.2 Å². The maximum Gasteiger partial charge on any atom is 0.276 e. The van der Waals surface area contributed by atoms with Gasteiger partial charge in [0.05, 0.1) is 13.3 Å². The molecular weight excluding hydrogens is 360 g/mol. The maximum absolute atomic E-state index is 13.4. The van der Waals surface area contributed by atoms with E-state index in [0.29, 0.717) is 35.8 Å². The molecule has 0 atom stereocenters. The molecular formula is C19H24N6O3. The van der Waals surface area contributed by atoms with Crippen LogP contribution >= 0.6 is 0 Å². The summed E-state index contributed by atoms with van der Waals surface area (Å²) >= 11 is 0. The Morgan fingerprint density at radius 1 is 1.32 bits per heavy atom. The van der Waals surface area contributed by atoms with Gasteiger partial charge in [0.1, 0.15) is 23.4 Å². The normalized spacial score (nSPS) is 18.0. The molecule has 2 aliphatic rings. The number of nitrogens with zero attached hydrogens (tertiary/aromatic N) is 4. The molecule has 0 aliphatic carbocycles. The topological polar surface area (TPSA) is 101 Å². The molecule has 2 aliphatic heterocycles. The first-order valence-electron chi connectivity index (χ1n) is 9.42. The van der Waals surface area contributed by atoms with Crippen LogP contribution in [0.1, 0.15) is 35.8 Å². The van der Waals surface area contributed by atoms with Crippen LogP contribution in [0.4, 0.5) is 11.5 Å². The molecule has 4 heterocycles. The zero-order chi connectivity index (χ0) is 19.9. The van der Waals surface area contributed by atoms with Gasteiger partial charge in [0.2, 0.25) is 0 Å². The van der Waals surface area contributed by atoms with E-state index in [0.717, 1.165) is 25.2 Å². The minimum Gasteiger partial charge on any atom is -0.491 e. The number of ether oxygens (including phenoxy) is 1. The Bertz CT molecular complexity index is 978. The number of hydrogen-bond acceptors (Lipinski definition) is 7. The fraction of sp³-hybridized carbons (Fsp3) is 0.474. The van der Waals surface area contributed by atoms with Crippen molar-refractivity contribution in [2.75, 3.05) is 32.1 Å². The summed E-state index contributed by atoms with van der Waals surface area (Å²) in [4.78, 5) is 36.5. The van der Waals surface area contributed by atoms with Crippen LogP contribution in [0, 0.1) is 6.92 Å². The van der Waals surface area contributed by atoms with E-state index >= 15 is 0 Å². The number of aromatic nitrogens is 3. The molecule has 0 saturated carbocycles. The standard InChI is InChI=1S/C19H24N6O3/c1-4-24-7-5-19(6-8-24)23-17(26)15-12(2)9-13(18(27)25(15)19)22-16-14(28-3)10-20-11-21-16/h9-11H,4-8H2,1-3H3,(H,23,26)(H,20,21,22). The average molecular weight is 384 g/mol. The number of anilines is 2. The van der Waals surface area contributed by atoms with E-state index in [1.807, 2.05) is 6.92 Å². The zero-order valence-electron chi connectivity index (χ0n) is 16.3. The average Bonchev–Trinajstić information content (AvgIpc) is 2.99. The fourth-order valence-electron chi connectivity index (χ4n) is 4.13. The van der Waals surface area contributed by atoms with Gasteiger partial charge in [-0.1, -0.05) is 6.92 Å². The molecule has 1 amide bonds. The second kappa shape index (κ2) is 6.90. The molecule has 1 fully saturated rings. The summed E-state index contributed by atoms with van der Waals surface area (Å²) < 4.78 is 6.91. The van der Waals surface area contributed by atoms with Crippen LogP contribution in [0.15, 0.2) is 23.4 Å². The summed E-state index contributed by atoms with van der Waals surface area (Å²) in [5, 5.41) is 6.15. The number of carbonyl (C=O) groups is 1. The van der Waals surface area contributed by atoms with Crippen molar-refractivity contribution in [2.24, 2.45) is 0 Å². The van der Waals surface area contributed by atoms with E-state index in [2.05, 4.69) is 32.4 Å². The Morgan fingerprint density at radius 2 is 2.07 bits per heavy atom. The smallest absolute Gasteiger partial charge is 0.276 e. The molecule has 0 radical (unpaired) electrons. The van der Waals surface area contributed by atoms with Crippen molar-refractivity contribution in [1.82, 2.24) is 24.8 Å². The molecule has 2 aromatic rings. The van der Waals surface area contributed by atoms with Gasteiger partial charge >= 0.3 is 0 Å². The summed E-state index contributed by atoms with van der Waals surface area (Å²) in [6, 6.07) is 1.69. The first-order valence-corrected chi connectivity index (χ1v) is 9.42. The van der Waals surface area contributed by atoms with Crippen LogP contribution in [0.5, 0.6) is 5.75 Å². The third-order valence-corrected chi connectivity index (χ3v) is 5.66. The first-order chi connectivity index (χ1) is 13.5. The number of methoxy groups -OCH3 is 1. The molecule has 2 N–H and O–H groups in total. The molecule has 2 aromatic heterocycles. The lowest BCUT2D eigenvalue weighted by Crippen LogP contribution is -2.54. The second-order valence-electron chi connectivity index (χ2n) is 7.21. The quantitative estimate of drug-likeness (QED) is 0.817. The molecule has 0 aromatic carbocycles. The van der Waals surface area contributed by atoms with Gasteiger partial charge in [-0.2, -0.15) is 0 Å². The summed E-state index contributed by atoms with van der Waals surface area (Å²) in [7, 11) is 1.52. The molecule has 9 heteroatoms. The first kappa shape index (κ1) is 18.4. The number of hydrogen-bond donors (Lipinski definition) is 2. The number of rotatable bonds is 4. The second-order valence-corrected chi connectivity index (χ2v) is 7.21. The van der Waals surface area contributed by atoms with Gasteiger partial charge in [0.25, 0.3) is 11.5 Å². The molecule has 0 bridgehead atoms. The number of amides is 1. The van der Waals surface area contributed by atoms with Crippen LogP contribution in [0.2, 0.25) is 0 Å². The van der Waals surface area contributed by atoms with Crippen molar-refractivity contribution in [3.8, 4) is 5.75 Å². The molecule has 1 saturated heterocycles. The van der Waals surface area contributed by atoms with Crippen molar-refractivity contribution >= 4 is 17.4 Å². The van der Waals surface area contributed by atoms with E-state index in [1.54, 1.807) is 10.6 Å². The van der Waals surface area contributed by atoms with Gasteiger partial charge < -0.3 is 20.3 Å². The molecule has 9 nitrogen and oxygen atoms in total. The maximum atomic E-state index is 13.4.